The van der Waals surface area contributed by atoms with Crippen LogP contribution in [0.5, 0.6) is 0 Å². The van der Waals surface area contributed by atoms with Crippen LogP contribution >= 0.6 is 0 Å². The summed E-state index contributed by atoms with van der Waals surface area (Å²) in [5, 5.41) is 14.6. The number of sulfonamides is 1. The van der Waals surface area contributed by atoms with Gasteiger partial charge in [-0.15, -0.1) is 0 Å². The van der Waals surface area contributed by atoms with Crippen LogP contribution in [0.3, 0.4) is 0 Å². The van der Waals surface area contributed by atoms with Crippen LogP contribution in [0, 0.1) is 6.92 Å². The Morgan fingerprint density at radius 2 is 1.82 bits per heavy atom. The van der Waals surface area contributed by atoms with E-state index in [-0.39, 0.29) is 17.9 Å². The maximum absolute atomic E-state index is 13.1. The first-order valence-electron chi connectivity index (χ1n) is 11.4. The zero-order valence-electron chi connectivity index (χ0n) is 20.2. The summed E-state index contributed by atoms with van der Waals surface area (Å²) in [6.07, 6.45) is 1.36. The van der Waals surface area contributed by atoms with E-state index in [1.54, 1.807) is 32.9 Å². The molecule has 0 spiro atoms. The summed E-state index contributed by atoms with van der Waals surface area (Å²) in [6, 6.07) is 4.28. The van der Waals surface area contributed by atoms with Crippen molar-refractivity contribution in [1.29, 1.82) is 0 Å². The Bertz CT molecular complexity index is 971. The third-order valence-corrected chi connectivity index (χ3v) is 7.26. The van der Waals surface area contributed by atoms with Gasteiger partial charge in [-0.2, -0.15) is 4.31 Å². The molecule has 0 bridgehead atoms. The summed E-state index contributed by atoms with van der Waals surface area (Å²) in [7, 11) is -3.88. The van der Waals surface area contributed by atoms with Crippen LogP contribution in [0.25, 0.3) is 0 Å². The molecule has 2 rings (SSSR count). The van der Waals surface area contributed by atoms with Gasteiger partial charge in [0.1, 0.15) is 17.7 Å². The Labute approximate surface area is 201 Å². The summed E-state index contributed by atoms with van der Waals surface area (Å²) >= 11 is 0. The van der Waals surface area contributed by atoms with Crippen molar-refractivity contribution in [2.45, 2.75) is 82.4 Å². The van der Waals surface area contributed by atoms with E-state index >= 15 is 0 Å². The minimum absolute atomic E-state index is 0.102. The first kappa shape index (κ1) is 27.6. The molecule has 0 aromatic heterocycles. The highest BCUT2D eigenvalue weighted by molar-refractivity contribution is 7.89. The molecule has 1 fully saturated rings. The lowest BCUT2D eigenvalue weighted by Gasteiger charge is -2.25. The van der Waals surface area contributed by atoms with E-state index in [0.29, 0.717) is 32.2 Å². The SMILES string of the molecule is Cc1ccc(S(=O)(=O)N2CCC[C@H]2C(=O)N[C@@H](CCCCNC(=O)OC(C)(C)C)C(=O)O)cc1. The smallest absolute Gasteiger partial charge is 0.407 e. The van der Waals surface area contributed by atoms with E-state index in [4.69, 9.17) is 4.74 Å². The van der Waals surface area contributed by atoms with E-state index in [0.717, 1.165) is 9.87 Å². The monoisotopic (exact) mass is 497 g/mol. The fourth-order valence-electron chi connectivity index (χ4n) is 3.64. The Morgan fingerprint density at radius 1 is 1.18 bits per heavy atom. The van der Waals surface area contributed by atoms with Gasteiger partial charge in [0.05, 0.1) is 4.90 Å². The van der Waals surface area contributed by atoms with Gasteiger partial charge in [0.2, 0.25) is 15.9 Å². The van der Waals surface area contributed by atoms with Crippen LogP contribution in [0.2, 0.25) is 0 Å². The number of ether oxygens (including phenoxy) is 1. The number of unbranched alkanes of at least 4 members (excludes halogenated alkanes) is 1. The van der Waals surface area contributed by atoms with Crippen LogP contribution < -0.4 is 10.6 Å². The van der Waals surface area contributed by atoms with E-state index in [2.05, 4.69) is 10.6 Å². The van der Waals surface area contributed by atoms with Crippen molar-refractivity contribution in [3.63, 3.8) is 0 Å². The summed E-state index contributed by atoms with van der Waals surface area (Å²) in [4.78, 5) is 36.3. The molecule has 1 heterocycles. The van der Waals surface area contributed by atoms with Gasteiger partial charge >= 0.3 is 12.1 Å². The number of aryl methyl sites for hydroxylation is 1. The second kappa shape index (κ2) is 11.7. The van der Waals surface area contributed by atoms with Gasteiger partial charge in [-0.25, -0.2) is 18.0 Å². The number of benzene rings is 1. The molecule has 3 N–H and O–H groups in total. The van der Waals surface area contributed by atoms with E-state index < -0.39 is 45.7 Å². The molecule has 1 aliphatic heterocycles. The van der Waals surface area contributed by atoms with Crippen molar-refractivity contribution in [2.24, 2.45) is 0 Å². The number of amides is 2. The van der Waals surface area contributed by atoms with Crippen molar-refractivity contribution < 1.29 is 32.6 Å². The summed E-state index contributed by atoms with van der Waals surface area (Å²) < 4.78 is 32.4. The van der Waals surface area contributed by atoms with Gasteiger partial charge < -0.3 is 20.5 Å². The fourth-order valence-corrected chi connectivity index (χ4v) is 5.30. The number of nitrogens with one attached hydrogen (secondary N) is 2. The normalized spacial score (nSPS) is 17.7. The van der Waals surface area contributed by atoms with Gasteiger partial charge in [-0.05, 0) is 71.9 Å². The molecule has 190 valence electrons. The molecule has 11 heteroatoms. The highest BCUT2D eigenvalue weighted by atomic mass is 32.2. The molecule has 1 aromatic rings. The molecule has 34 heavy (non-hydrogen) atoms. The number of aliphatic carboxylic acids is 1. The van der Waals surface area contributed by atoms with Gasteiger partial charge in [0.15, 0.2) is 0 Å². The molecule has 0 saturated carbocycles. The molecule has 0 unspecified atom stereocenters. The van der Waals surface area contributed by atoms with Crippen molar-refractivity contribution in [3.05, 3.63) is 29.8 Å². The molecule has 0 aliphatic carbocycles. The molecular formula is C23H35N3O7S. The summed E-state index contributed by atoms with van der Waals surface area (Å²) in [5.74, 6) is -1.81. The third kappa shape index (κ3) is 7.98. The van der Waals surface area contributed by atoms with Crippen LogP contribution in [0.1, 0.15) is 58.4 Å². The number of carbonyl (C=O) groups excluding carboxylic acids is 2. The second-order valence-electron chi connectivity index (χ2n) is 9.41. The molecule has 2 amide bonds. The number of alkyl carbamates (subject to hydrolysis) is 1. The maximum atomic E-state index is 13.1. The Hall–Kier alpha value is -2.66. The second-order valence-corrected chi connectivity index (χ2v) is 11.3. The summed E-state index contributed by atoms with van der Waals surface area (Å²) in [6.45, 7) is 7.61. The first-order chi connectivity index (χ1) is 15.8. The minimum atomic E-state index is -3.88. The van der Waals surface area contributed by atoms with Crippen LogP contribution in [-0.4, -0.2) is 66.6 Å². The van der Waals surface area contributed by atoms with Gasteiger partial charge in [0, 0.05) is 13.1 Å². The number of carboxylic acids is 1. The van der Waals surface area contributed by atoms with Crippen molar-refractivity contribution in [3.8, 4) is 0 Å². The lowest BCUT2D eigenvalue weighted by molar-refractivity contribution is -0.142. The highest BCUT2D eigenvalue weighted by Crippen LogP contribution is 2.26. The van der Waals surface area contributed by atoms with E-state index in [1.165, 1.54) is 12.1 Å². The molecular weight excluding hydrogens is 462 g/mol. The van der Waals surface area contributed by atoms with Crippen molar-refractivity contribution >= 4 is 28.0 Å². The number of hydrogen-bond acceptors (Lipinski definition) is 6. The number of carboxylic acid groups (broad SMARTS) is 1. The van der Waals surface area contributed by atoms with Crippen LogP contribution in [0.4, 0.5) is 4.79 Å². The first-order valence-corrected chi connectivity index (χ1v) is 12.8. The topological polar surface area (TPSA) is 142 Å². The molecule has 0 radical (unpaired) electrons. The average Bonchev–Trinajstić information content (AvgIpc) is 3.22. The molecule has 2 atom stereocenters. The number of rotatable bonds is 10. The lowest BCUT2D eigenvalue weighted by Crippen LogP contribution is -2.50. The predicted molar refractivity (Wildman–Crippen MR) is 126 cm³/mol. The van der Waals surface area contributed by atoms with Crippen molar-refractivity contribution in [1.82, 2.24) is 14.9 Å². The predicted octanol–water partition coefficient (Wildman–Crippen LogP) is 2.41. The van der Waals surface area contributed by atoms with Crippen LogP contribution in [0.15, 0.2) is 29.2 Å². The van der Waals surface area contributed by atoms with Gasteiger partial charge in [0.25, 0.3) is 0 Å². The van der Waals surface area contributed by atoms with Gasteiger partial charge in [-0.3, -0.25) is 4.79 Å². The van der Waals surface area contributed by atoms with Crippen molar-refractivity contribution in [2.75, 3.05) is 13.1 Å². The Morgan fingerprint density at radius 3 is 2.41 bits per heavy atom. The molecule has 10 nitrogen and oxygen atoms in total. The van der Waals surface area contributed by atoms with Gasteiger partial charge in [-0.1, -0.05) is 17.7 Å². The van der Waals surface area contributed by atoms with Crippen LogP contribution in [-0.2, 0) is 24.3 Å². The molecule has 1 saturated heterocycles. The van der Waals surface area contributed by atoms with E-state index in [1.807, 2.05) is 6.92 Å². The zero-order valence-corrected chi connectivity index (χ0v) is 21.0. The Balaban J connectivity index is 1.91. The van der Waals surface area contributed by atoms with E-state index in [9.17, 15) is 27.9 Å². The lowest BCUT2D eigenvalue weighted by atomic mass is 10.1. The highest BCUT2D eigenvalue weighted by Gasteiger charge is 2.40. The number of nitrogens with zero attached hydrogens (tertiary/aromatic N) is 1. The largest absolute Gasteiger partial charge is 0.480 e. The quantitative estimate of drug-likeness (QED) is 0.421. The molecule has 1 aliphatic rings. The maximum Gasteiger partial charge on any atom is 0.407 e. The minimum Gasteiger partial charge on any atom is -0.480 e. The zero-order chi connectivity index (χ0) is 25.5. The fraction of sp³-hybridized carbons (Fsp3) is 0.609. The molecule has 1 aromatic carbocycles. The standard InChI is InChI=1S/C23H35N3O7S/c1-16-10-12-17(13-11-16)34(31,32)26-15-7-9-19(26)20(27)25-18(21(28)29)8-5-6-14-24-22(30)33-23(2,3)4/h10-13,18-19H,5-9,14-15H2,1-4H3,(H,24,30)(H,25,27)(H,28,29)/t18-,19-/m0/s1. The number of hydrogen-bond donors (Lipinski definition) is 3. The Kier molecular flexibility index (Phi) is 9.45. The third-order valence-electron chi connectivity index (χ3n) is 5.34. The average molecular weight is 498 g/mol. The summed E-state index contributed by atoms with van der Waals surface area (Å²) in [5.41, 5.74) is 0.310. The number of carbonyl (C=O) groups is 3.